The normalized spacial score (nSPS) is 12.3. The number of aromatic nitrogens is 3. The van der Waals surface area contributed by atoms with E-state index in [9.17, 15) is 9.18 Å². The first kappa shape index (κ1) is 21.3. The smallest absolute Gasteiger partial charge is 0.277 e. The molecule has 0 radical (unpaired) electrons. The lowest BCUT2D eigenvalue weighted by atomic mass is 10.1. The van der Waals surface area contributed by atoms with E-state index in [1.54, 1.807) is 12.1 Å². The summed E-state index contributed by atoms with van der Waals surface area (Å²) >= 11 is 1.18. The molecule has 3 heterocycles. The molecule has 1 aliphatic rings. The molecule has 7 nitrogen and oxygen atoms in total. The van der Waals surface area contributed by atoms with E-state index in [1.165, 1.54) is 23.9 Å². The molecule has 0 aliphatic carbocycles. The van der Waals surface area contributed by atoms with Crippen molar-refractivity contribution in [2.24, 2.45) is 0 Å². The Morgan fingerprint density at radius 3 is 2.67 bits per heavy atom. The Balaban J connectivity index is 1.26. The zero-order valence-corrected chi connectivity index (χ0v) is 18.8. The molecule has 2 aromatic carbocycles. The molecule has 9 heteroatoms. The Kier molecular flexibility index (Phi) is 5.63. The van der Waals surface area contributed by atoms with Crippen LogP contribution in [0.5, 0.6) is 11.5 Å². The minimum atomic E-state index is -0.338. The number of aryl methyl sites for hydroxylation is 1. The maximum Gasteiger partial charge on any atom is 0.277 e. The average molecular weight is 466 g/mol. The summed E-state index contributed by atoms with van der Waals surface area (Å²) in [7, 11) is 0. The molecule has 4 aromatic rings. The van der Waals surface area contributed by atoms with Gasteiger partial charge in [-0.2, -0.15) is 0 Å². The Labute approximate surface area is 193 Å². The first-order valence-corrected chi connectivity index (χ1v) is 11.3. The maximum atomic E-state index is 13.1. The number of carbonyl (C=O) groups excluding carboxylic acids is 1. The number of carbonyl (C=O) groups is 1. The molecule has 5 rings (SSSR count). The van der Waals surface area contributed by atoms with Crippen molar-refractivity contribution in [2.45, 2.75) is 25.6 Å². The van der Waals surface area contributed by atoms with Crippen molar-refractivity contribution in [2.75, 3.05) is 12.5 Å². The van der Waals surface area contributed by atoms with Crippen molar-refractivity contribution < 1.29 is 23.1 Å². The highest BCUT2D eigenvalue weighted by Crippen LogP contribution is 2.33. The summed E-state index contributed by atoms with van der Waals surface area (Å²) in [6.07, 6.45) is 0. The summed E-state index contributed by atoms with van der Waals surface area (Å²) < 4.78 is 31.6. The van der Waals surface area contributed by atoms with E-state index in [2.05, 4.69) is 14.8 Å². The minimum absolute atomic E-state index is 0.0217. The molecule has 33 heavy (non-hydrogen) atoms. The largest absolute Gasteiger partial charge is 0.454 e. The van der Waals surface area contributed by atoms with E-state index in [-0.39, 0.29) is 35.3 Å². The topological polar surface area (TPSA) is 79.4 Å². The Hall–Kier alpha value is -3.59. The fourth-order valence-corrected chi connectivity index (χ4v) is 4.38. The van der Waals surface area contributed by atoms with Gasteiger partial charge in [-0.1, -0.05) is 17.8 Å². The second kappa shape index (κ2) is 8.74. The molecule has 0 fully saturated rings. The van der Waals surface area contributed by atoms with Crippen LogP contribution < -0.4 is 9.47 Å². The van der Waals surface area contributed by atoms with Crippen molar-refractivity contribution in [1.82, 2.24) is 14.8 Å². The highest BCUT2D eigenvalue weighted by Gasteiger charge is 2.19. The van der Waals surface area contributed by atoms with Crippen LogP contribution in [0.3, 0.4) is 0 Å². The van der Waals surface area contributed by atoms with Crippen molar-refractivity contribution in [3.63, 3.8) is 0 Å². The molecular formula is C24H20FN3O4S. The van der Waals surface area contributed by atoms with Gasteiger partial charge in [-0.3, -0.25) is 4.79 Å². The van der Waals surface area contributed by atoms with Crippen molar-refractivity contribution >= 4 is 17.5 Å². The number of benzene rings is 2. The third kappa shape index (κ3) is 4.36. The number of hydrogen-bond donors (Lipinski definition) is 0. The number of thioether (sulfide) groups is 1. The molecule has 168 valence electrons. The zero-order valence-electron chi connectivity index (χ0n) is 18.0. The van der Waals surface area contributed by atoms with Crippen molar-refractivity contribution in [3.05, 3.63) is 76.9 Å². The molecule has 1 aliphatic heterocycles. The number of fused-ring (bicyclic) bond motifs is 1. The van der Waals surface area contributed by atoms with Crippen LogP contribution in [0.1, 0.15) is 27.3 Å². The SMILES string of the molecule is Cc1cc(C(=O)CSc2nnc(-c3ccc(F)cc3)o2)c(C)n1Cc1ccc2c(c1)OCO2. The van der Waals surface area contributed by atoms with E-state index >= 15 is 0 Å². The summed E-state index contributed by atoms with van der Waals surface area (Å²) in [6.45, 7) is 4.79. The molecule has 2 aromatic heterocycles. The van der Waals surface area contributed by atoms with Crippen LogP contribution in [-0.4, -0.2) is 33.1 Å². The minimum Gasteiger partial charge on any atom is -0.454 e. The number of nitrogens with zero attached hydrogens (tertiary/aromatic N) is 3. The van der Waals surface area contributed by atoms with Crippen LogP contribution in [0.2, 0.25) is 0 Å². The van der Waals surface area contributed by atoms with E-state index in [1.807, 2.05) is 38.1 Å². The molecule has 0 unspecified atom stereocenters. The highest BCUT2D eigenvalue weighted by molar-refractivity contribution is 7.99. The molecule has 0 amide bonds. The predicted octanol–water partition coefficient (Wildman–Crippen LogP) is 5.05. The van der Waals surface area contributed by atoms with Crippen LogP contribution in [0.4, 0.5) is 4.39 Å². The molecule has 0 atom stereocenters. The van der Waals surface area contributed by atoms with Gasteiger partial charge in [0.05, 0.1) is 5.75 Å². The van der Waals surface area contributed by atoms with Gasteiger partial charge in [-0.05, 0) is 61.9 Å². The lowest BCUT2D eigenvalue weighted by molar-refractivity contribution is 0.102. The second-order valence-electron chi connectivity index (χ2n) is 7.65. The van der Waals surface area contributed by atoms with Gasteiger partial charge in [0.2, 0.25) is 12.7 Å². The Morgan fingerprint density at radius 1 is 1.06 bits per heavy atom. The summed E-state index contributed by atoms with van der Waals surface area (Å²) in [5.41, 5.74) is 4.24. The third-order valence-corrected chi connectivity index (χ3v) is 6.29. The van der Waals surface area contributed by atoms with Gasteiger partial charge in [0, 0.05) is 29.1 Å². The third-order valence-electron chi connectivity index (χ3n) is 5.48. The van der Waals surface area contributed by atoms with Crippen LogP contribution in [-0.2, 0) is 6.54 Å². The van der Waals surface area contributed by atoms with E-state index in [4.69, 9.17) is 13.9 Å². The second-order valence-corrected chi connectivity index (χ2v) is 8.58. The molecule has 0 saturated carbocycles. The molecular weight excluding hydrogens is 445 g/mol. The van der Waals surface area contributed by atoms with Gasteiger partial charge in [-0.15, -0.1) is 10.2 Å². The highest BCUT2D eigenvalue weighted by atomic mass is 32.2. The van der Waals surface area contributed by atoms with Crippen LogP contribution in [0, 0.1) is 19.7 Å². The van der Waals surface area contributed by atoms with Crippen molar-refractivity contribution in [1.29, 1.82) is 0 Å². The number of ketones is 1. The van der Waals surface area contributed by atoms with Crippen LogP contribution in [0.25, 0.3) is 11.5 Å². The molecule has 0 saturated heterocycles. The number of hydrogen-bond acceptors (Lipinski definition) is 7. The Bertz CT molecular complexity index is 1330. The van der Waals surface area contributed by atoms with Crippen LogP contribution >= 0.6 is 11.8 Å². The fourth-order valence-electron chi connectivity index (χ4n) is 3.73. The van der Waals surface area contributed by atoms with E-state index < -0.39 is 0 Å². The fraction of sp³-hybridized carbons (Fsp3) is 0.208. The number of ether oxygens (including phenoxy) is 2. The van der Waals surface area contributed by atoms with Gasteiger partial charge in [0.15, 0.2) is 17.3 Å². The average Bonchev–Trinajstić information content (AvgIpc) is 3.54. The standard InChI is InChI=1S/C24H20FN3O4S/c1-14-9-19(15(2)28(14)11-16-3-8-21-22(10-16)31-13-30-21)20(29)12-33-24-27-26-23(32-24)17-4-6-18(25)7-5-17/h3-10H,11-13H2,1-2H3. The zero-order chi connectivity index (χ0) is 22.9. The van der Waals surface area contributed by atoms with Gasteiger partial charge in [0.25, 0.3) is 5.22 Å². The van der Waals surface area contributed by atoms with Crippen molar-refractivity contribution in [3.8, 4) is 23.0 Å². The van der Waals surface area contributed by atoms with Gasteiger partial charge >= 0.3 is 0 Å². The number of rotatable bonds is 7. The lowest BCUT2D eigenvalue weighted by Gasteiger charge is -2.10. The monoisotopic (exact) mass is 465 g/mol. The Morgan fingerprint density at radius 2 is 1.85 bits per heavy atom. The first-order valence-electron chi connectivity index (χ1n) is 10.3. The van der Waals surface area contributed by atoms with Crippen LogP contribution in [0.15, 0.2) is 58.2 Å². The molecule has 0 bridgehead atoms. The van der Waals surface area contributed by atoms with Gasteiger partial charge < -0.3 is 18.5 Å². The van der Waals surface area contributed by atoms with Gasteiger partial charge in [-0.25, -0.2) is 4.39 Å². The van der Waals surface area contributed by atoms with E-state index in [0.29, 0.717) is 17.7 Å². The summed E-state index contributed by atoms with van der Waals surface area (Å²) in [6, 6.07) is 13.6. The summed E-state index contributed by atoms with van der Waals surface area (Å²) in [5.74, 6) is 1.57. The number of halogens is 1. The molecule has 0 N–H and O–H groups in total. The number of Topliss-reactive ketones (excluding diaryl/α,β-unsaturated/α-hetero) is 1. The summed E-state index contributed by atoms with van der Waals surface area (Å²) in [4.78, 5) is 12.9. The van der Waals surface area contributed by atoms with Gasteiger partial charge in [0.1, 0.15) is 5.82 Å². The molecule has 0 spiro atoms. The maximum absolute atomic E-state index is 13.1. The first-order chi connectivity index (χ1) is 16.0. The predicted molar refractivity (Wildman–Crippen MR) is 120 cm³/mol. The summed E-state index contributed by atoms with van der Waals surface area (Å²) in [5, 5.41) is 8.25. The lowest BCUT2D eigenvalue weighted by Crippen LogP contribution is -2.07. The quantitative estimate of drug-likeness (QED) is 0.279. The van der Waals surface area contributed by atoms with E-state index in [0.717, 1.165) is 28.5 Å².